The zero-order valence-electron chi connectivity index (χ0n) is 10.6. The van der Waals surface area contributed by atoms with Gasteiger partial charge in [-0.15, -0.1) is 0 Å². The molecule has 0 spiro atoms. The van der Waals surface area contributed by atoms with Crippen LogP contribution in [0.5, 0.6) is 0 Å². The summed E-state index contributed by atoms with van der Waals surface area (Å²) in [6, 6.07) is 8.09. The fourth-order valence-electron chi connectivity index (χ4n) is 2.91. The van der Waals surface area contributed by atoms with Crippen LogP contribution in [0.3, 0.4) is 0 Å². The molecule has 3 rings (SSSR count). The number of hydrogen-bond donors (Lipinski definition) is 2. The molecule has 2 N–H and O–H groups in total. The van der Waals surface area contributed by atoms with Crippen molar-refractivity contribution in [3.63, 3.8) is 0 Å². The SMILES string of the molecule is CC1CNCCC1(O)c1cccc2cnccc12. The molecule has 1 aromatic carbocycles. The molecule has 2 heterocycles. The molecule has 18 heavy (non-hydrogen) atoms. The smallest absolute Gasteiger partial charge is 0.0952 e. The monoisotopic (exact) mass is 242 g/mol. The lowest BCUT2D eigenvalue weighted by molar-refractivity contribution is -0.0379. The first kappa shape index (κ1) is 11.6. The minimum Gasteiger partial charge on any atom is -0.385 e. The normalized spacial score (nSPS) is 28.4. The maximum Gasteiger partial charge on any atom is 0.0952 e. The molecule has 0 aliphatic carbocycles. The number of rotatable bonds is 1. The molecular weight excluding hydrogens is 224 g/mol. The minimum absolute atomic E-state index is 0.213. The number of hydrogen-bond acceptors (Lipinski definition) is 3. The van der Waals surface area contributed by atoms with Gasteiger partial charge in [0.15, 0.2) is 0 Å². The molecule has 2 atom stereocenters. The summed E-state index contributed by atoms with van der Waals surface area (Å²) in [7, 11) is 0. The van der Waals surface area contributed by atoms with Crippen LogP contribution < -0.4 is 5.32 Å². The van der Waals surface area contributed by atoms with E-state index in [4.69, 9.17) is 0 Å². The van der Waals surface area contributed by atoms with E-state index in [0.717, 1.165) is 35.8 Å². The maximum absolute atomic E-state index is 11.0. The van der Waals surface area contributed by atoms with Crippen LogP contribution in [0.2, 0.25) is 0 Å². The number of aromatic nitrogens is 1. The summed E-state index contributed by atoms with van der Waals surface area (Å²) in [5.41, 5.74) is 0.308. The molecule has 1 fully saturated rings. The van der Waals surface area contributed by atoms with E-state index >= 15 is 0 Å². The van der Waals surface area contributed by atoms with Gasteiger partial charge in [-0.3, -0.25) is 4.98 Å². The molecule has 3 heteroatoms. The van der Waals surface area contributed by atoms with Crippen LogP contribution in [0.4, 0.5) is 0 Å². The van der Waals surface area contributed by atoms with Crippen molar-refractivity contribution in [3.8, 4) is 0 Å². The molecule has 0 saturated carbocycles. The highest BCUT2D eigenvalue weighted by atomic mass is 16.3. The van der Waals surface area contributed by atoms with Crippen molar-refractivity contribution in [2.75, 3.05) is 13.1 Å². The van der Waals surface area contributed by atoms with E-state index in [2.05, 4.69) is 17.2 Å². The molecule has 1 saturated heterocycles. The summed E-state index contributed by atoms with van der Waals surface area (Å²) < 4.78 is 0. The zero-order chi connectivity index (χ0) is 12.6. The first-order valence-electron chi connectivity index (χ1n) is 6.48. The topological polar surface area (TPSA) is 45.1 Å². The Hall–Kier alpha value is -1.45. The zero-order valence-corrected chi connectivity index (χ0v) is 10.6. The Morgan fingerprint density at radius 3 is 3.11 bits per heavy atom. The molecule has 3 nitrogen and oxygen atoms in total. The average Bonchev–Trinajstić information content (AvgIpc) is 2.41. The van der Waals surface area contributed by atoms with Gasteiger partial charge in [0.1, 0.15) is 0 Å². The highest BCUT2D eigenvalue weighted by Gasteiger charge is 2.38. The summed E-state index contributed by atoms with van der Waals surface area (Å²) >= 11 is 0. The first-order chi connectivity index (χ1) is 8.72. The van der Waals surface area contributed by atoms with Crippen molar-refractivity contribution < 1.29 is 5.11 Å². The van der Waals surface area contributed by atoms with Crippen molar-refractivity contribution in [2.24, 2.45) is 5.92 Å². The van der Waals surface area contributed by atoms with Gasteiger partial charge >= 0.3 is 0 Å². The van der Waals surface area contributed by atoms with Crippen LogP contribution >= 0.6 is 0 Å². The number of nitrogens with zero attached hydrogens (tertiary/aromatic N) is 1. The predicted molar refractivity (Wildman–Crippen MR) is 72.3 cm³/mol. The Balaban J connectivity index is 2.19. The van der Waals surface area contributed by atoms with Crippen LogP contribution in [0, 0.1) is 5.92 Å². The highest BCUT2D eigenvalue weighted by Crippen LogP contribution is 2.38. The van der Waals surface area contributed by atoms with Gasteiger partial charge in [-0.2, -0.15) is 0 Å². The summed E-state index contributed by atoms with van der Waals surface area (Å²) in [6.07, 6.45) is 4.41. The highest BCUT2D eigenvalue weighted by molar-refractivity contribution is 5.85. The van der Waals surface area contributed by atoms with E-state index < -0.39 is 5.60 Å². The molecular formula is C15H18N2O. The van der Waals surface area contributed by atoms with Crippen LogP contribution in [0.1, 0.15) is 18.9 Å². The van der Waals surface area contributed by atoms with Gasteiger partial charge < -0.3 is 10.4 Å². The maximum atomic E-state index is 11.0. The van der Waals surface area contributed by atoms with Crippen molar-refractivity contribution in [3.05, 3.63) is 42.2 Å². The first-order valence-corrected chi connectivity index (χ1v) is 6.48. The van der Waals surface area contributed by atoms with Crippen LogP contribution in [0.25, 0.3) is 10.8 Å². The second-order valence-corrected chi connectivity index (χ2v) is 5.18. The van der Waals surface area contributed by atoms with Gasteiger partial charge in [-0.1, -0.05) is 25.1 Å². The summed E-state index contributed by atoms with van der Waals surface area (Å²) in [5.74, 6) is 0.213. The lowest BCUT2D eigenvalue weighted by Gasteiger charge is -2.39. The van der Waals surface area contributed by atoms with Crippen molar-refractivity contribution in [2.45, 2.75) is 18.9 Å². The van der Waals surface area contributed by atoms with Gasteiger partial charge in [-0.05, 0) is 30.0 Å². The van der Waals surface area contributed by atoms with Gasteiger partial charge in [0.05, 0.1) is 5.60 Å². The van der Waals surface area contributed by atoms with Crippen molar-refractivity contribution in [1.82, 2.24) is 10.3 Å². The molecule has 0 radical (unpaired) electrons. The second kappa shape index (κ2) is 4.34. The van der Waals surface area contributed by atoms with Gasteiger partial charge in [0.2, 0.25) is 0 Å². The van der Waals surface area contributed by atoms with E-state index in [-0.39, 0.29) is 5.92 Å². The number of piperidine rings is 1. The standard InChI is InChI=1S/C15H18N2O/c1-11-9-17-8-6-15(11,18)14-4-2-3-12-10-16-7-5-13(12)14/h2-5,7,10-11,17-18H,6,8-9H2,1H3. The van der Waals surface area contributed by atoms with Gasteiger partial charge in [-0.25, -0.2) is 0 Å². The quantitative estimate of drug-likeness (QED) is 0.804. The Morgan fingerprint density at radius 2 is 2.28 bits per heavy atom. The van der Waals surface area contributed by atoms with Crippen LogP contribution in [-0.2, 0) is 5.60 Å². The predicted octanol–water partition coefficient (Wildman–Crippen LogP) is 2.05. The average molecular weight is 242 g/mol. The fourth-order valence-corrected chi connectivity index (χ4v) is 2.91. The Bertz CT molecular complexity index is 564. The minimum atomic E-state index is -0.730. The number of aliphatic hydroxyl groups is 1. The Morgan fingerprint density at radius 1 is 1.39 bits per heavy atom. The molecule has 1 aliphatic rings. The second-order valence-electron chi connectivity index (χ2n) is 5.18. The number of benzene rings is 1. The molecule has 2 unspecified atom stereocenters. The molecule has 0 bridgehead atoms. The summed E-state index contributed by atoms with van der Waals surface area (Å²) in [5, 5.41) is 16.6. The lowest BCUT2D eigenvalue weighted by atomic mass is 9.76. The summed E-state index contributed by atoms with van der Waals surface area (Å²) in [4.78, 5) is 4.15. The van der Waals surface area contributed by atoms with Gasteiger partial charge in [0.25, 0.3) is 0 Å². The lowest BCUT2D eigenvalue weighted by Crippen LogP contribution is -2.46. The molecule has 2 aromatic rings. The molecule has 1 aromatic heterocycles. The number of nitrogens with one attached hydrogen (secondary N) is 1. The fraction of sp³-hybridized carbons (Fsp3) is 0.400. The third-order valence-corrected chi connectivity index (χ3v) is 4.10. The Kier molecular flexibility index (Phi) is 2.80. The van der Waals surface area contributed by atoms with E-state index in [0.29, 0.717) is 0 Å². The van der Waals surface area contributed by atoms with Crippen LogP contribution in [-0.4, -0.2) is 23.2 Å². The Labute approximate surface area is 107 Å². The number of fused-ring (bicyclic) bond motifs is 1. The van der Waals surface area contributed by atoms with Crippen molar-refractivity contribution in [1.29, 1.82) is 0 Å². The summed E-state index contributed by atoms with van der Waals surface area (Å²) in [6.45, 7) is 3.83. The number of pyridine rings is 1. The largest absolute Gasteiger partial charge is 0.385 e. The van der Waals surface area contributed by atoms with E-state index in [1.807, 2.05) is 30.5 Å². The van der Waals surface area contributed by atoms with Crippen molar-refractivity contribution >= 4 is 10.8 Å². The van der Waals surface area contributed by atoms with E-state index in [1.165, 1.54) is 0 Å². The van der Waals surface area contributed by atoms with E-state index in [9.17, 15) is 5.11 Å². The third kappa shape index (κ3) is 1.71. The van der Waals surface area contributed by atoms with Gasteiger partial charge in [0, 0.05) is 30.2 Å². The molecule has 0 amide bonds. The molecule has 94 valence electrons. The third-order valence-electron chi connectivity index (χ3n) is 4.10. The molecule has 1 aliphatic heterocycles. The van der Waals surface area contributed by atoms with Crippen LogP contribution in [0.15, 0.2) is 36.7 Å². The van der Waals surface area contributed by atoms with E-state index in [1.54, 1.807) is 6.20 Å².